The summed E-state index contributed by atoms with van der Waals surface area (Å²) in [5.74, 6) is 0.206. The van der Waals surface area contributed by atoms with E-state index in [1.807, 2.05) is 25.1 Å². The van der Waals surface area contributed by atoms with E-state index in [0.29, 0.717) is 17.9 Å². The van der Waals surface area contributed by atoms with Crippen molar-refractivity contribution in [2.45, 2.75) is 13.5 Å². The number of nitrogen functional groups attached to an aromatic ring is 1. The molecule has 2 aromatic rings. The number of nitrogens with two attached hydrogens (primary N) is 2. The maximum Gasteiger partial charge on any atom is 0.250 e. The van der Waals surface area contributed by atoms with E-state index in [2.05, 4.69) is 10.3 Å². The van der Waals surface area contributed by atoms with Crippen molar-refractivity contribution in [3.8, 4) is 0 Å². The summed E-state index contributed by atoms with van der Waals surface area (Å²) in [6, 6.07) is 9.17. The van der Waals surface area contributed by atoms with Crippen LogP contribution in [0.15, 0.2) is 36.5 Å². The lowest BCUT2D eigenvalue weighted by molar-refractivity contribution is 0.1000. The highest BCUT2D eigenvalue weighted by molar-refractivity contribution is 5.92. The molecule has 1 amide bonds. The molecule has 5 nitrogen and oxygen atoms in total. The fourth-order valence-electron chi connectivity index (χ4n) is 1.72. The molecule has 1 aromatic carbocycles. The standard InChI is InChI=1S/C14H16N4O/c1-9-10(3-2-4-12(9)15)7-17-13-6-5-11(8-18-13)14(16)19/h2-6,8H,7,15H2,1H3,(H2,16,19)(H,17,18). The molecule has 0 aliphatic carbocycles. The maximum absolute atomic E-state index is 10.9. The van der Waals surface area contributed by atoms with E-state index in [1.54, 1.807) is 12.1 Å². The van der Waals surface area contributed by atoms with Crippen LogP contribution in [0.1, 0.15) is 21.5 Å². The van der Waals surface area contributed by atoms with E-state index >= 15 is 0 Å². The molecule has 2 rings (SSSR count). The summed E-state index contributed by atoms with van der Waals surface area (Å²) >= 11 is 0. The Labute approximate surface area is 111 Å². The normalized spacial score (nSPS) is 10.2. The average molecular weight is 256 g/mol. The molecule has 0 fully saturated rings. The van der Waals surface area contributed by atoms with Crippen LogP contribution in [-0.4, -0.2) is 10.9 Å². The molecule has 0 spiro atoms. The minimum atomic E-state index is -0.481. The Kier molecular flexibility index (Phi) is 3.66. The van der Waals surface area contributed by atoms with Crippen molar-refractivity contribution in [3.05, 3.63) is 53.2 Å². The minimum absolute atomic E-state index is 0.394. The zero-order chi connectivity index (χ0) is 13.8. The third kappa shape index (κ3) is 3.01. The Hall–Kier alpha value is -2.56. The van der Waals surface area contributed by atoms with Gasteiger partial charge in [0.05, 0.1) is 5.56 Å². The van der Waals surface area contributed by atoms with Crippen molar-refractivity contribution in [2.24, 2.45) is 5.73 Å². The fraction of sp³-hybridized carbons (Fsp3) is 0.143. The first-order valence-corrected chi connectivity index (χ1v) is 5.91. The molecular formula is C14H16N4O. The van der Waals surface area contributed by atoms with Gasteiger partial charge < -0.3 is 16.8 Å². The fourth-order valence-corrected chi connectivity index (χ4v) is 1.72. The zero-order valence-electron chi connectivity index (χ0n) is 10.7. The second-order valence-electron chi connectivity index (χ2n) is 4.28. The lowest BCUT2D eigenvalue weighted by Crippen LogP contribution is -2.11. The zero-order valence-corrected chi connectivity index (χ0v) is 10.7. The molecule has 0 aliphatic rings. The van der Waals surface area contributed by atoms with E-state index in [-0.39, 0.29) is 0 Å². The Morgan fingerprint density at radius 1 is 1.32 bits per heavy atom. The van der Waals surface area contributed by atoms with Crippen LogP contribution < -0.4 is 16.8 Å². The molecule has 5 heteroatoms. The highest BCUT2D eigenvalue weighted by atomic mass is 16.1. The maximum atomic E-state index is 10.9. The second kappa shape index (κ2) is 5.39. The molecule has 0 aliphatic heterocycles. The summed E-state index contributed by atoms with van der Waals surface area (Å²) < 4.78 is 0. The van der Waals surface area contributed by atoms with Crippen LogP contribution >= 0.6 is 0 Å². The van der Waals surface area contributed by atoms with Gasteiger partial charge in [-0.1, -0.05) is 12.1 Å². The van der Waals surface area contributed by atoms with Gasteiger partial charge in [-0.15, -0.1) is 0 Å². The number of carbonyl (C=O) groups is 1. The van der Waals surface area contributed by atoms with Gasteiger partial charge in [0, 0.05) is 18.4 Å². The molecule has 98 valence electrons. The predicted octanol–water partition coefficient (Wildman–Crippen LogP) is 1.68. The summed E-state index contributed by atoms with van der Waals surface area (Å²) in [4.78, 5) is 15.0. The van der Waals surface area contributed by atoms with Crippen LogP contribution in [0.5, 0.6) is 0 Å². The van der Waals surface area contributed by atoms with E-state index in [1.165, 1.54) is 6.20 Å². The number of rotatable bonds is 4. The van der Waals surface area contributed by atoms with E-state index in [0.717, 1.165) is 16.8 Å². The van der Waals surface area contributed by atoms with Crippen molar-refractivity contribution in [1.29, 1.82) is 0 Å². The molecule has 0 atom stereocenters. The lowest BCUT2D eigenvalue weighted by Gasteiger charge is -2.10. The Balaban J connectivity index is 2.06. The molecule has 5 N–H and O–H groups in total. The first-order valence-electron chi connectivity index (χ1n) is 5.91. The molecule has 1 heterocycles. The number of carbonyl (C=O) groups excluding carboxylic acids is 1. The number of pyridine rings is 1. The van der Waals surface area contributed by atoms with Gasteiger partial charge in [-0.2, -0.15) is 0 Å². The SMILES string of the molecule is Cc1c(N)cccc1CNc1ccc(C(N)=O)cn1. The van der Waals surface area contributed by atoms with Gasteiger partial charge in [0.2, 0.25) is 5.91 Å². The lowest BCUT2D eigenvalue weighted by atomic mass is 10.1. The number of hydrogen-bond acceptors (Lipinski definition) is 4. The minimum Gasteiger partial charge on any atom is -0.399 e. The van der Waals surface area contributed by atoms with Crippen LogP contribution in [0, 0.1) is 6.92 Å². The van der Waals surface area contributed by atoms with Crippen LogP contribution in [0.25, 0.3) is 0 Å². The van der Waals surface area contributed by atoms with E-state index < -0.39 is 5.91 Å². The largest absolute Gasteiger partial charge is 0.399 e. The van der Waals surface area contributed by atoms with Crippen LogP contribution in [0.2, 0.25) is 0 Å². The van der Waals surface area contributed by atoms with Crippen molar-refractivity contribution < 1.29 is 4.79 Å². The Morgan fingerprint density at radius 3 is 2.74 bits per heavy atom. The Bertz CT molecular complexity index is 593. The highest BCUT2D eigenvalue weighted by Gasteiger charge is 2.03. The number of primary amides is 1. The monoisotopic (exact) mass is 256 g/mol. The molecule has 0 radical (unpaired) electrons. The number of benzene rings is 1. The van der Waals surface area contributed by atoms with Crippen LogP contribution in [0.4, 0.5) is 11.5 Å². The van der Waals surface area contributed by atoms with Gasteiger partial charge in [0.25, 0.3) is 0 Å². The van der Waals surface area contributed by atoms with E-state index in [4.69, 9.17) is 11.5 Å². The second-order valence-corrected chi connectivity index (χ2v) is 4.28. The average Bonchev–Trinajstić information content (AvgIpc) is 2.41. The predicted molar refractivity (Wildman–Crippen MR) is 75.7 cm³/mol. The smallest absolute Gasteiger partial charge is 0.250 e. The first-order chi connectivity index (χ1) is 9.08. The summed E-state index contributed by atoms with van der Waals surface area (Å²) in [5.41, 5.74) is 14.3. The van der Waals surface area contributed by atoms with Gasteiger partial charge in [-0.05, 0) is 36.2 Å². The molecule has 1 aromatic heterocycles. The third-order valence-electron chi connectivity index (χ3n) is 3.00. The van der Waals surface area contributed by atoms with Gasteiger partial charge in [-0.3, -0.25) is 4.79 Å². The van der Waals surface area contributed by atoms with Crippen molar-refractivity contribution in [1.82, 2.24) is 4.98 Å². The number of nitrogens with zero attached hydrogens (tertiary/aromatic N) is 1. The molecule has 0 bridgehead atoms. The van der Waals surface area contributed by atoms with Crippen LogP contribution in [0.3, 0.4) is 0 Å². The van der Waals surface area contributed by atoms with Crippen molar-refractivity contribution in [2.75, 3.05) is 11.1 Å². The summed E-state index contributed by atoms with van der Waals surface area (Å²) in [7, 11) is 0. The van der Waals surface area contributed by atoms with Gasteiger partial charge in [-0.25, -0.2) is 4.98 Å². The van der Waals surface area contributed by atoms with Gasteiger partial charge >= 0.3 is 0 Å². The third-order valence-corrected chi connectivity index (χ3v) is 3.00. The summed E-state index contributed by atoms with van der Waals surface area (Å²) in [5, 5.41) is 3.18. The Morgan fingerprint density at radius 2 is 2.11 bits per heavy atom. The number of aromatic nitrogens is 1. The van der Waals surface area contributed by atoms with Gasteiger partial charge in [0.1, 0.15) is 5.82 Å². The summed E-state index contributed by atoms with van der Waals surface area (Å²) in [6.45, 7) is 2.61. The highest BCUT2D eigenvalue weighted by Crippen LogP contribution is 2.16. The molecular weight excluding hydrogens is 240 g/mol. The number of amides is 1. The first kappa shape index (κ1) is 12.9. The molecule has 0 saturated carbocycles. The van der Waals surface area contributed by atoms with E-state index in [9.17, 15) is 4.79 Å². The van der Waals surface area contributed by atoms with Gasteiger partial charge in [0.15, 0.2) is 0 Å². The molecule has 0 unspecified atom stereocenters. The van der Waals surface area contributed by atoms with Crippen molar-refractivity contribution in [3.63, 3.8) is 0 Å². The van der Waals surface area contributed by atoms with Crippen LogP contribution in [-0.2, 0) is 6.54 Å². The number of anilines is 2. The number of nitrogens with one attached hydrogen (secondary N) is 1. The molecule has 19 heavy (non-hydrogen) atoms. The summed E-state index contributed by atoms with van der Waals surface area (Å²) in [6.07, 6.45) is 1.46. The quantitative estimate of drug-likeness (QED) is 0.725. The number of hydrogen-bond donors (Lipinski definition) is 3. The molecule has 0 saturated heterocycles. The van der Waals surface area contributed by atoms with Crippen molar-refractivity contribution >= 4 is 17.4 Å². The topological polar surface area (TPSA) is 94.0 Å².